The fraction of sp³-hybridized carbons (Fsp3) is 0.0455. The van der Waals surface area contributed by atoms with E-state index in [1.807, 2.05) is 42.5 Å². The number of anilines is 1. The van der Waals surface area contributed by atoms with Gasteiger partial charge in [-0.05, 0) is 54.6 Å². The summed E-state index contributed by atoms with van der Waals surface area (Å²) in [6.07, 6.45) is 0. The van der Waals surface area contributed by atoms with E-state index >= 15 is 0 Å². The molecular weight excluding hydrogens is 389 g/mol. The zero-order valence-electron chi connectivity index (χ0n) is 15.2. The van der Waals surface area contributed by atoms with Gasteiger partial charge in [0.25, 0.3) is 5.91 Å². The highest BCUT2D eigenvalue weighted by atomic mass is 32.2. The van der Waals surface area contributed by atoms with Gasteiger partial charge in [0.1, 0.15) is 5.82 Å². The van der Waals surface area contributed by atoms with Gasteiger partial charge in [-0.1, -0.05) is 24.3 Å². The maximum absolute atomic E-state index is 13.2. The van der Waals surface area contributed by atoms with E-state index in [0.29, 0.717) is 23.2 Å². The molecule has 1 heterocycles. The predicted octanol–water partition coefficient (Wildman–Crippen LogP) is 5.42. The van der Waals surface area contributed by atoms with Crippen molar-refractivity contribution in [2.24, 2.45) is 0 Å². The summed E-state index contributed by atoms with van der Waals surface area (Å²) in [7, 11) is 0. The van der Waals surface area contributed by atoms with Gasteiger partial charge in [0, 0.05) is 21.7 Å². The third-order valence-electron chi connectivity index (χ3n) is 4.05. The number of amides is 1. The first-order valence-corrected chi connectivity index (χ1v) is 9.83. The molecule has 1 aromatic heterocycles. The van der Waals surface area contributed by atoms with Crippen LogP contribution in [0, 0.1) is 5.82 Å². The first kappa shape index (κ1) is 18.9. The average Bonchev–Trinajstić information content (AvgIpc) is 3.23. The van der Waals surface area contributed by atoms with Crippen molar-refractivity contribution in [3.05, 3.63) is 96.1 Å². The number of carbonyl (C=O) groups is 1. The molecule has 0 aliphatic rings. The van der Waals surface area contributed by atoms with E-state index in [2.05, 4.69) is 15.5 Å². The lowest BCUT2D eigenvalue weighted by Crippen LogP contribution is -2.11. The van der Waals surface area contributed by atoms with Gasteiger partial charge >= 0.3 is 0 Å². The SMILES string of the molecule is O=C(Nc1ccc(SCc2nnc(-c3ccccc3)o2)cc1)c1cccc(F)c1. The minimum Gasteiger partial charge on any atom is -0.420 e. The number of hydrogen-bond donors (Lipinski definition) is 1. The molecule has 3 aromatic carbocycles. The third kappa shape index (κ3) is 4.89. The standard InChI is InChI=1S/C22H16FN3O2S/c23-17-8-4-7-16(13-17)21(27)24-18-9-11-19(12-10-18)29-14-20-25-26-22(28-20)15-5-2-1-3-6-15/h1-13H,14H2,(H,24,27). The molecular formula is C22H16FN3O2S. The van der Waals surface area contributed by atoms with Gasteiger partial charge in [-0.3, -0.25) is 4.79 Å². The van der Waals surface area contributed by atoms with Gasteiger partial charge in [0.15, 0.2) is 0 Å². The van der Waals surface area contributed by atoms with Crippen LogP contribution in [-0.4, -0.2) is 16.1 Å². The molecule has 1 N–H and O–H groups in total. The molecule has 0 unspecified atom stereocenters. The number of halogens is 1. The highest BCUT2D eigenvalue weighted by Crippen LogP contribution is 2.25. The van der Waals surface area contributed by atoms with Crippen molar-refractivity contribution in [1.82, 2.24) is 10.2 Å². The Bertz CT molecular complexity index is 1110. The molecule has 0 saturated carbocycles. The quantitative estimate of drug-likeness (QED) is 0.434. The van der Waals surface area contributed by atoms with Crippen LogP contribution in [0.1, 0.15) is 16.2 Å². The first-order chi connectivity index (χ1) is 14.2. The average molecular weight is 405 g/mol. The highest BCUT2D eigenvalue weighted by molar-refractivity contribution is 7.98. The highest BCUT2D eigenvalue weighted by Gasteiger charge is 2.09. The van der Waals surface area contributed by atoms with Gasteiger partial charge in [-0.2, -0.15) is 0 Å². The van der Waals surface area contributed by atoms with Crippen molar-refractivity contribution >= 4 is 23.4 Å². The summed E-state index contributed by atoms with van der Waals surface area (Å²) in [5, 5.41) is 10.9. The van der Waals surface area contributed by atoms with Crippen LogP contribution >= 0.6 is 11.8 Å². The van der Waals surface area contributed by atoms with Crippen molar-refractivity contribution in [2.45, 2.75) is 10.6 Å². The molecule has 4 rings (SSSR count). The molecule has 7 heteroatoms. The second-order valence-corrected chi connectivity index (χ2v) is 7.19. The number of rotatable bonds is 6. The molecule has 1 amide bonds. The fourth-order valence-electron chi connectivity index (χ4n) is 2.62. The zero-order chi connectivity index (χ0) is 20.1. The molecule has 0 aliphatic heterocycles. The van der Waals surface area contributed by atoms with E-state index in [1.165, 1.54) is 18.2 Å². The number of nitrogens with one attached hydrogen (secondary N) is 1. The summed E-state index contributed by atoms with van der Waals surface area (Å²) in [5.41, 5.74) is 1.79. The molecule has 0 spiro atoms. The molecule has 0 fully saturated rings. The minimum absolute atomic E-state index is 0.272. The molecule has 0 atom stereocenters. The van der Waals surface area contributed by atoms with Crippen LogP contribution in [-0.2, 0) is 5.75 Å². The maximum atomic E-state index is 13.2. The molecule has 0 radical (unpaired) electrons. The van der Waals surface area contributed by atoms with Crippen LogP contribution in [0.3, 0.4) is 0 Å². The number of thioether (sulfide) groups is 1. The van der Waals surface area contributed by atoms with E-state index in [4.69, 9.17) is 4.42 Å². The summed E-state index contributed by atoms with van der Waals surface area (Å²) in [6, 6.07) is 22.5. The van der Waals surface area contributed by atoms with E-state index in [-0.39, 0.29) is 11.5 Å². The van der Waals surface area contributed by atoms with Crippen molar-refractivity contribution in [1.29, 1.82) is 0 Å². The monoisotopic (exact) mass is 405 g/mol. The lowest BCUT2D eigenvalue weighted by molar-refractivity contribution is 0.102. The van der Waals surface area contributed by atoms with Crippen LogP contribution in [0.4, 0.5) is 10.1 Å². The Morgan fingerprint density at radius 2 is 1.76 bits per heavy atom. The first-order valence-electron chi connectivity index (χ1n) is 8.85. The van der Waals surface area contributed by atoms with Crippen LogP contribution in [0.15, 0.2) is 88.2 Å². The smallest absolute Gasteiger partial charge is 0.255 e. The Hall–Kier alpha value is -3.45. The van der Waals surface area contributed by atoms with E-state index < -0.39 is 5.82 Å². The summed E-state index contributed by atoms with van der Waals surface area (Å²) in [6.45, 7) is 0. The Labute approximate surface area is 171 Å². The fourth-order valence-corrected chi connectivity index (χ4v) is 3.36. The van der Waals surface area contributed by atoms with Gasteiger partial charge < -0.3 is 9.73 Å². The Morgan fingerprint density at radius 1 is 0.966 bits per heavy atom. The second-order valence-electron chi connectivity index (χ2n) is 6.14. The maximum Gasteiger partial charge on any atom is 0.255 e. The molecule has 0 aliphatic carbocycles. The molecule has 5 nitrogen and oxygen atoms in total. The summed E-state index contributed by atoms with van der Waals surface area (Å²) in [4.78, 5) is 13.2. The number of nitrogens with zero attached hydrogens (tertiary/aromatic N) is 2. The van der Waals surface area contributed by atoms with E-state index in [1.54, 1.807) is 30.0 Å². The van der Waals surface area contributed by atoms with Crippen molar-refractivity contribution < 1.29 is 13.6 Å². The lowest BCUT2D eigenvalue weighted by Gasteiger charge is -2.06. The van der Waals surface area contributed by atoms with Crippen LogP contribution in [0.2, 0.25) is 0 Å². The number of carbonyl (C=O) groups excluding carboxylic acids is 1. The van der Waals surface area contributed by atoms with Gasteiger partial charge in [0.05, 0.1) is 5.75 Å². The molecule has 4 aromatic rings. The van der Waals surface area contributed by atoms with Crippen molar-refractivity contribution in [2.75, 3.05) is 5.32 Å². The number of hydrogen-bond acceptors (Lipinski definition) is 5. The molecule has 0 bridgehead atoms. The predicted molar refractivity (Wildman–Crippen MR) is 110 cm³/mol. The number of benzene rings is 3. The minimum atomic E-state index is -0.444. The van der Waals surface area contributed by atoms with E-state index in [9.17, 15) is 9.18 Å². The lowest BCUT2D eigenvalue weighted by atomic mass is 10.2. The van der Waals surface area contributed by atoms with Crippen molar-refractivity contribution in [3.63, 3.8) is 0 Å². The second kappa shape index (κ2) is 8.70. The molecule has 29 heavy (non-hydrogen) atoms. The molecule has 0 saturated heterocycles. The number of aromatic nitrogens is 2. The van der Waals surface area contributed by atoms with Gasteiger partial charge in [-0.15, -0.1) is 22.0 Å². The zero-order valence-corrected chi connectivity index (χ0v) is 16.0. The third-order valence-corrected chi connectivity index (χ3v) is 5.05. The summed E-state index contributed by atoms with van der Waals surface area (Å²) in [5.74, 6) is 0.772. The van der Waals surface area contributed by atoms with Crippen LogP contribution < -0.4 is 5.32 Å². The Balaban J connectivity index is 1.34. The topological polar surface area (TPSA) is 68.0 Å². The van der Waals surface area contributed by atoms with Gasteiger partial charge in [-0.25, -0.2) is 4.39 Å². The van der Waals surface area contributed by atoms with Crippen molar-refractivity contribution in [3.8, 4) is 11.5 Å². The summed E-state index contributed by atoms with van der Waals surface area (Å²) < 4.78 is 18.9. The Morgan fingerprint density at radius 3 is 2.52 bits per heavy atom. The summed E-state index contributed by atoms with van der Waals surface area (Å²) >= 11 is 1.55. The normalized spacial score (nSPS) is 10.7. The van der Waals surface area contributed by atoms with E-state index in [0.717, 1.165) is 10.5 Å². The largest absolute Gasteiger partial charge is 0.420 e. The van der Waals surface area contributed by atoms with Crippen LogP contribution in [0.5, 0.6) is 0 Å². The Kier molecular flexibility index (Phi) is 5.67. The van der Waals surface area contributed by atoms with Crippen LogP contribution in [0.25, 0.3) is 11.5 Å². The molecule has 144 valence electrons. The van der Waals surface area contributed by atoms with Gasteiger partial charge in [0.2, 0.25) is 11.8 Å².